The minimum absolute atomic E-state index is 0.00321. The predicted molar refractivity (Wildman–Crippen MR) is 116 cm³/mol. The number of hydrogen-bond donors (Lipinski definition) is 1. The zero-order chi connectivity index (χ0) is 21.0. The number of carbonyl (C=O) groups is 2. The monoisotopic (exact) mass is 408 g/mol. The number of hydrogen-bond acceptors (Lipinski definition) is 5. The van der Waals surface area contributed by atoms with Gasteiger partial charge in [0.1, 0.15) is 0 Å². The number of Topliss-reactive ketones (excluding diaryl/α,β-unsaturated/α-hetero) is 1. The van der Waals surface area contributed by atoms with Gasteiger partial charge in [0.25, 0.3) is 0 Å². The topological polar surface area (TPSA) is 76.9 Å². The van der Waals surface area contributed by atoms with Gasteiger partial charge >= 0.3 is 0 Å². The first-order valence-corrected chi connectivity index (χ1v) is 10.3. The Bertz CT molecular complexity index is 1010. The molecule has 0 unspecified atom stereocenters. The molecule has 0 saturated carbocycles. The van der Waals surface area contributed by atoms with Crippen molar-refractivity contribution in [2.45, 2.75) is 37.6 Å². The lowest BCUT2D eigenvalue weighted by Crippen LogP contribution is -2.25. The Morgan fingerprint density at radius 3 is 2.31 bits per heavy atom. The van der Waals surface area contributed by atoms with Crippen molar-refractivity contribution in [1.82, 2.24) is 14.8 Å². The molecule has 0 fully saturated rings. The second kappa shape index (κ2) is 9.05. The van der Waals surface area contributed by atoms with E-state index in [2.05, 4.69) is 15.5 Å². The summed E-state index contributed by atoms with van der Waals surface area (Å²) in [5.41, 5.74) is 3.45. The van der Waals surface area contributed by atoms with Gasteiger partial charge in [-0.05, 0) is 44.5 Å². The quantitative estimate of drug-likeness (QED) is 0.460. The standard InChI is InChI=1S/C22H24N4O2S/c1-5-19(21(28)23-18-12-10-16(11-13-18)15(3)27)29-22-25-24-20(26(22)4)17-8-6-14(2)7-9-17/h6-13,19H,5H2,1-4H3,(H,23,28)/t19-/m0/s1. The molecular weight excluding hydrogens is 384 g/mol. The number of nitrogens with one attached hydrogen (secondary N) is 1. The van der Waals surface area contributed by atoms with E-state index >= 15 is 0 Å². The molecule has 0 aliphatic carbocycles. The van der Waals surface area contributed by atoms with E-state index in [9.17, 15) is 9.59 Å². The summed E-state index contributed by atoms with van der Waals surface area (Å²) in [4.78, 5) is 24.1. The van der Waals surface area contributed by atoms with Crippen LogP contribution in [0.3, 0.4) is 0 Å². The second-order valence-electron chi connectivity index (χ2n) is 6.87. The van der Waals surface area contributed by atoms with E-state index in [4.69, 9.17) is 0 Å². The lowest BCUT2D eigenvalue weighted by molar-refractivity contribution is -0.115. The Balaban J connectivity index is 1.71. The van der Waals surface area contributed by atoms with Crippen LogP contribution in [0.1, 0.15) is 36.2 Å². The highest BCUT2D eigenvalue weighted by molar-refractivity contribution is 8.00. The first-order chi connectivity index (χ1) is 13.9. The number of carbonyl (C=O) groups excluding carboxylic acids is 2. The van der Waals surface area contributed by atoms with Gasteiger partial charge in [-0.3, -0.25) is 9.59 Å². The molecule has 0 bridgehead atoms. The van der Waals surface area contributed by atoms with E-state index in [0.29, 0.717) is 22.8 Å². The molecule has 2 aromatic carbocycles. The molecule has 0 aliphatic rings. The van der Waals surface area contributed by atoms with Gasteiger partial charge in [0.2, 0.25) is 5.91 Å². The number of benzene rings is 2. The SMILES string of the molecule is CC[C@H](Sc1nnc(-c2ccc(C)cc2)n1C)C(=O)Nc1ccc(C(C)=O)cc1. The van der Waals surface area contributed by atoms with Gasteiger partial charge in [-0.25, -0.2) is 0 Å². The van der Waals surface area contributed by atoms with Crippen LogP contribution in [0, 0.1) is 6.92 Å². The van der Waals surface area contributed by atoms with Crippen LogP contribution in [0.2, 0.25) is 0 Å². The van der Waals surface area contributed by atoms with Gasteiger partial charge in [0, 0.05) is 23.9 Å². The lowest BCUT2D eigenvalue weighted by atomic mass is 10.1. The van der Waals surface area contributed by atoms with Crippen LogP contribution in [0.5, 0.6) is 0 Å². The number of aryl methyl sites for hydroxylation is 1. The maximum absolute atomic E-state index is 12.7. The largest absolute Gasteiger partial charge is 0.325 e. The molecule has 150 valence electrons. The van der Waals surface area contributed by atoms with Crippen molar-refractivity contribution in [2.24, 2.45) is 7.05 Å². The van der Waals surface area contributed by atoms with E-state index in [1.807, 2.05) is 49.7 Å². The van der Waals surface area contributed by atoms with Gasteiger partial charge in [-0.1, -0.05) is 48.5 Å². The van der Waals surface area contributed by atoms with E-state index < -0.39 is 0 Å². The van der Waals surface area contributed by atoms with Crippen LogP contribution in [-0.2, 0) is 11.8 Å². The van der Waals surface area contributed by atoms with Crippen LogP contribution >= 0.6 is 11.8 Å². The summed E-state index contributed by atoms with van der Waals surface area (Å²) in [6, 6.07) is 15.0. The fourth-order valence-corrected chi connectivity index (χ4v) is 3.75. The van der Waals surface area contributed by atoms with Crippen molar-refractivity contribution in [3.63, 3.8) is 0 Å². The van der Waals surface area contributed by atoms with Crippen LogP contribution in [0.15, 0.2) is 53.7 Å². The fraction of sp³-hybridized carbons (Fsp3) is 0.273. The van der Waals surface area contributed by atoms with Gasteiger partial charge in [-0.2, -0.15) is 0 Å². The summed E-state index contributed by atoms with van der Waals surface area (Å²) in [5.74, 6) is 0.659. The summed E-state index contributed by atoms with van der Waals surface area (Å²) in [6.07, 6.45) is 0.648. The molecule has 3 aromatic rings. The molecule has 1 atom stereocenters. The Morgan fingerprint density at radius 1 is 1.07 bits per heavy atom. The highest BCUT2D eigenvalue weighted by atomic mass is 32.2. The molecule has 1 heterocycles. The normalized spacial score (nSPS) is 11.9. The van der Waals surface area contributed by atoms with E-state index in [1.54, 1.807) is 24.3 Å². The number of thioether (sulfide) groups is 1. The molecule has 6 nitrogen and oxygen atoms in total. The molecule has 7 heteroatoms. The Kier molecular flexibility index (Phi) is 6.49. The Labute approximate surface area is 174 Å². The van der Waals surface area contributed by atoms with Crippen molar-refractivity contribution in [2.75, 3.05) is 5.32 Å². The average Bonchev–Trinajstić information content (AvgIpc) is 3.07. The third-order valence-electron chi connectivity index (χ3n) is 4.61. The first-order valence-electron chi connectivity index (χ1n) is 9.44. The zero-order valence-corrected chi connectivity index (χ0v) is 17.8. The Hall–Kier alpha value is -2.93. The number of anilines is 1. The molecule has 1 amide bonds. The summed E-state index contributed by atoms with van der Waals surface area (Å²) in [7, 11) is 1.91. The summed E-state index contributed by atoms with van der Waals surface area (Å²) < 4.78 is 1.91. The third kappa shape index (κ3) is 4.92. The highest BCUT2D eigenvalue weighted by Gasteiger charge is 2.22. The molecular formula is C22H24N4O2S. The number of amides is 1. The maximum Gasteiger partial charge on any atom is 0.237 e. The van der Waals surface area contributed by atoms with Crippen LogP contribution in [0.25, 0.3) is 11.4 Å². The second-order valence-corrected chi connectivity index (χ2v) is 8.04. The van der Waals surface area contributed by atoms with E-state index in [1.165, 1.54) is 24.2 Å². The van der Waals surface area contributed by atoms with Crippen LogP contribution < -0.4 is 5.32 Å². The summed E-state index contributed by atoms with van der Waals surface area (Å²) in [5, 5.41) is 11.9. The molecule has 1 N–H and O–H groups in total. The van der Waals surface area contributed by atoms with Gasteiger partial charge in [-0.15, -0.1) is 10.2 Å². The molecule has 0 radical (unpaired) electrons. The smallest absolute Gasteiger partial charge is 0.237 e. The molecule has 1 aromatic heterocycles. The van der Waals surface area contributed by atoms with E-state index in [-0.39, 0.29) is 16.9 Å². The summed E-state index contributed by atoms with van der Waals surface area (Å²) in [6.45, 7) is 5.52. The Morgan fingerprint density at radius 2 is 1.72 bits per heavy atom. The van der Waals surface area contributed by atoms with Gasteiger partial charge < -0.3 is 9.88 Å². The predicted octanol–water partition coefficient (Wildman–Crippen LogP) is 4.50. The molecule has 29 heavy (non-hydrogen) atoms. The highest BCUT2D eigenvalue weighted by Crippen LogP contribution is 2.28. The third-order valence-corrected chi connectivity index (χ3v) is 6.01. The zero-order valence-electron chi connectivity index (χ0n) is 17.0. The minimum atomic E-state index is -0.309. The minimum Gasteiger partial charge on any atom is -0.325 e. The summed E-state index contributed by atoms with van der Waals surface area (Å²) >= 11 is 1.39. The number of nitrogens with zero attached hydrogens (tertiary/aromatic N) is 3. The van der Waals surface area contributed by atoms with Crippen molar-refractivity contribution in [3.05, 3.63) is 59.7 Å². The first kappa shape index (κ1) is 20.8. The van der Waals surface area contributed by atoms with Crippen molar-refractivity contribution in [3.8, 4) is 11.4 Å². The number of rotatable bonds is 7. The number of aromatic nitrogens is 3. The molecule has 0 spiro atoms. The van der Waals surface area contributed by atoms with Crippen LogP contribution in [-0.4, -0.2) is 31.7 Å². The van der Waals surface area contributed by atoms with E-state index in [0.717, 1.165) is 11.4 Å². The van der Waals surface area contributed by atoms with Gasteiger partial charge in [0.15, 0.2) is 16.8 Å². The van der Waals surface area contributed by atoms with Gasteiger partial charge in [0.05, 0.1) is 5.25 Å². The fourth-order valence-electron chi connectivity index (χ4n) is 2.83. The molecule has 0 aliphatic heterocycles. The lowest BCUT2D eigenvalue weighted by Gasteiger charge is -2.14. The molecule has 0 saturated heterocycles. The number of ketones is 1. The van der Waals surface area contributed by atoms with Crippen molar-refractivity contribution >= 4 is 29.1 Å². The molecule has 3 rings (SSSR count). The van der Waals surface area contributed by atoms with Crippen LogP contribution in [0.4, 0.5) is 5.69 Å². The average molecular weight is 409 g/mol. The van der Waals surface area contributed by atoms with Crippen molar-refractivity contribution in [1.29, 1.82) is 0 Å². The van der Waals surface area contributed by atoms with Crippen molar-refractivity contribution < 1.29 is 9.59 Å². The maximum atomic E-state index is 12.7.